The van der Waals surface area contributed by atoms with Crippen molar-refractivity contribution in [2.45, 2.75) is 13.8 Å². The van der Waals surface area contributed by atoms with Gasteiger partial charge in [0.05, 0.1) is 11.6 Å². The Morgan fingerprint density at radius 1 is 1.21 bits per heavy atom. The molecule has 0 radical (unpaired) electrons. The van der Waals surface area contributed by atoms with Crippen molar-refractivity contribution in [1.82, 2.24) is 10.6 Å². The largest absolute Gasteiger partial charge is 0.490 e. The Hall–Kier alpha value is -0.690. The van der Waals surface area contributed by atoms with Gasteiger partial charge in [0, 0.05) is 13.1 Å². The minimum atomic E-state index is 0. The summed E-state index contributed by atoms with van der Waals surface area (Å²) >= 11 is 5.98. The molecule has 0 atom stereocenters. The van der Waals surface area contributed by atoms with Crippen LogP contribution in [0.25, 0.3) is 0 Å². The van der Waals surface area contributed by atoms with Crippen LogP contribution in [0.2, 0.25) is 5.02 Å². The fraction of sp³-hybridized carbons (Fsp3) is 0.462. The number of benzene rings is 1. The second-order valence-corrected chi connectivity index (χ2v) is 3.98. The highest BCUT2D eigenvalue weighted by atomic mass is 127. The summed E-state index contributed by atoms with van der Waals surface area (Å²) in [7, 11) is 0. The van der Waals surface area contributed by atoms with E-state index in [-0.39, 0.29) is 24.0 Å². The Bertz CT molecular complexity index is 380. The van der Waals surface area contributed by atoms with Crippen molar-refractivity contribution in [3.8, 4) is 5.75 Å². The van der Waals surface area contributed by atoms with Crippen LogP contribution < -0.4 is 15.4 Å². The van der Waals surface area contributed by atoms with Gasteiger partial charge >= 0.3 is 0 Å². The molecule has 1 aromatic carbocycles. The lowest BCUT2D eigenvalue weighted by atomic mass is 10.3. The zero-order valence-corrected chi connectivity index (χ0v) is 14.4. The van der Waals surface area contributed by atoms with Crippen LogP contribution in [0.1, 0.15) is 13.8 Å². The summed E-state index contributed by atoms with van der Waals surface area (Å²) in [5.74, 6) is 1.51. The van der Waals surface area contributed by atoms with E-state index in [1.54, 1.807) is 0 Å². The van der Waals surface area contributed by atoms with Crippen LogP contribution >= 0.6 is 35.6 Å². The van der Waals surface area contributed by atoms with Crippen molar-refractivity contribution in [3.05, 3.63) is 29.3 Å². The van der Waals surface area contributed by atoms with Crippen molar-refractivity contribution in [3.63, 3.8) is 0 Å². The number of guanidine groups is 1. The molecule has 0 aliphatic carbocycles. The first kappa shape index (κ1) is 18.3. The number of hydrogen-bond donors (Lipinski definition) is 2. The Balaban J connectivity index is 0.00000324. The van der Waals surface area contributed by atoms with Crippen LogP contribution in [0.3, 0.4) is 0 Å². The molecule has 0 saturated heterocycles. The smallest absolute Gasteiger partial charge is 0.191 e. The number of ether oxygens (including phenoxy) is 1. The lowest BCUT2D eigenvalue weighted by Crippen LogP contribution is -2.37. The zero-order valence-electron chi connectivity index (χ0n) is 11.3. The van der Waals surface area contributed by atoms with E-state index in [1.807, 2.05) is 38.1 Å². The maximum Gasteiger partial charge on any atom is 0.191 e. The lowest BCUT2D eigenvalue weighted by Gasteiger charge is -2.10. The molecule has 0 unspecified atom stereocenters. The Labute approximate surface area is 137 Å². The second-order valence-electron chi connectivity index (χ2n) is 3.57. The molecular formula is C13H21ClIN3O. The minimum absolute atomic E-state index is 0. The summed E-state index contributed by atoms with van der Waals surface area (Å²) in [5, 5.41) is 6.93. The molecular weight excluding hydrogens is 377 g/mol. The highest BCUT2D eigenvalue weighted by Crippen LogP contribution is 2.22. The highest BCUT2D eigenvalue weighted by molar-refractivity contribution is 14.0. The molecule has 2 N–H and O–H groups in total. The van der Waals surface area contributed by atoms with Crippen molar-refractivity contribution in [2.24, 2.45) is 4.99 Å². The normalized spacial score (nSPS) is 9.21. The molecule has 0 bridgehead atoms. The van der Waals surface area contributed by atoms with Gasteiger partial charge in [0.1, 0.15) is 12.4 Å². The number of halogens is 2. The molecule has 0 heterocycles. The summed E-state index contributed by atoms with van der Waals surface area (Å²) in [5.41, 5.74) is 0. The number of rotatable bonds is 6. The van der Waals surface area contributed by atoms with Crippen molar-refractivity contribution in [1.29, 1.82) is 0 Å². The first-order chi connectivity index (χ1) is 8.77. The van der Waals surface area contributed by atoms with Gasteiger partial charge in [-0.25, -0.2) is 4.99 Å². The molecule has 0 aliphatic heterocycles. The summed E-state index contributed by atoms with van der Waals surface area (Å²) in [6, 6.07) is 7.43. The first-order valence-electron chi connectivity index (χ1n) is 6.17. The molecule has 4 nitrogen and oxygen atoms in total. The van der Waals surface area contributed by atoms with E-state index in [1.165, 1.54) is 0 Å². The molecule has 1 rings (SSSR count). The molecule has 0 aromatic heterocycles. The van der Waals surface area contributed by atoms with Crippen LogP contribution in [-0.2, 0) is 0 Å². The number of nitrogens with one attached hydrogen (secondary N) is 2. The van der Waals surface area contributed by atoms with Crippen molar-refractivity contribution in [2.75, 3.05) is 26.2 Å². The van der Waals surface area contributed by atoms with Gasteiger partial charge in [-0.1, -0.05) is 23.7 Å². The second kappa shape index (κ2) is 11.2. The Kier molecular flexibility index (Phi) is 10.8. The van der Waals surface area contributed by atoms with Gasteiger partial charge in [-0.2, -0.15) is 0 Å². The van der Waals surface area contributed by atoms with E-state index in [2.05, 4.69) is 15.6 Å². The predicted octanol–water partition coefficient (Wildman–Crippen LogP) is 2.91. The van der Waals surface area contributed by atoms with Gasteiger partial charge in [-0.3, -0.25) is 0 Å². The standard InChI is InChI=1S/C13H20ClN3O.HI/c1-3-15-13(16-4-2)17-9-10-18-12-8-6-5-7-11(12)14;/h5-8H,3-4,9-10H2,1-2H3,(H2,15,16,17);1H. The van der Waals surface area contributed by atoms with Crippen molar-refractivity contribution >= 4 is 41.5 Å². The summed E-state index contributed by atoms with van der Waals surface area (Å²) in [6.45, 7) is 6.85. The fourth-order valence-corrected chi connectivity index (χ4v) is 1.57. The molecule has 0 spiro atoms. The molecule has 1 aromatic rings. The monoisotopic (exact) mass is 397 g/mol. The third-order valence-corrected chi connectivity index (χ3v) is 2.46. The molecule has 19 heavy (non-hydrogen) atoms. The van der Waals surface area contributed by atoms with Crippen LogP contribution in [0.15, 0.2) is 29.3 Å². The highest BCUT2D eigenvalue weighted by Gasteiger charge is 1.99. The predicted molar refractivity (Wildman–Crippen MR) is 92.0 cm³/mol. The Morgan fingerprint density at radius 2 is 1.84 bits per heavy atom. The van der Waals surface area contributed by atoms with Crippen LogP contribution in [0, 0.1) is 0 Å². The SMILES string of the molecule is CCNC(=NCCOc1ccccc1Cl)NCC.I. The number of aliphatic imine (C=N–C) groups is 1. The lowest BCUT2D eigenvalue weighted by molar-refractivity contribution is 0.328. The van der Waals surface area contributed by atoms with E-state index >= 15 is 0 Å². The summed E-state index contributed by atoms with van der Waals surface area (Å²) < 4.78 is 5.55. The van der Waals surface area contributed by atoms with Gasteiger partial charge in [0.25, 0.3) is 0 Å². The molecule has 0 aliphatic rings. The van der Waals surface area contributed by atoms with Crippen LogP contribution in [0.5, 0.6) is 5.75 Å². The third-order valence-electron chi connectivity index (χ3n) is 2.14. The minimum Gasteiger partial charge on any atom is -0.490 e. The van der Waals surface area contributed by atoms with Crippen LogP contribution in [-0.4, -0.2) is 32.2 Å². The van der Waals surface area contributed by atoms with Crippen molar-refractivity contribution < 1.29 is 4.74 Å². The third kappa shape index (κ3) is 7.47. The van der Waals surface area contributed by atoms with E-state index in [4.69, 9.17) is 16.3 Å². The molecule has 0 amide bonds. The first-order valence-corrected chi connectivity index (χ1v) is 6.55. The number of nitrogens with zero attached hydrogens (tertiary/aromatic N) is 1. The average molecular weight is 398 g/mol. The van der Waals surface area contributed by atoms with Gasteiger partial charge < -0.3 is 15.4 Å². The average Bonchev–Trinajstić information content (AvgIpc) is 2.37. The van der Waals surface area contributed by atoms with E-state index in [0.29, 0.717) is 23.9 Å². The van der Waals surface area contributed by atoms with Gasteiger partial charge in [-0.15, -0.1) is 24.0 Å². The summed E-state index contributed by atoms with van der Waals surface area (Å²) in [6.07, 6.45) is 0. The van der Waals surface area contributed by atoms with Crippen LogP contribution in [0.4, 0.5) is 0 Å². The molecule has 0 fully saturated rings. The van der Waals surface area contributed by atoms with E-state index in [0.717, 1.165) is 19.0 Å². The van der Waals surface area contributed by atoms with Gasteiger partial charge in [0.2, 0.25) is 0 Å². The maximum absolute atomic E-state index is 5.98. The Morgan fingerprint density at radius 3 is 2.42 bits per heavy atom. The zero-order chi connectivity index (χ0) is 13.2. The topological polar surface area (TPSA) is 45.7 Å². The maximum atomic E-state index is 5.98. The quantitative estimate of drug-likeness (QED) is 0.336. The fourth-order valence-electron chi connectivity index (χ4n) is 1.38. The van der Waals surface area contributed by atoms with E-state index in [9.17, 15) is 0 Å². The molecule has 6 heteroatoms. The molecule has 108 valence electrons. The van der Waals surface area contributed by atoms with Gasteiger partial charge in [0.15, 0.2) is 5.96 Å². The summed E-state index contributed by atoms with van der Waals surface area (Å²) in [4.78, 5) is 4.37. The van der Waals surface area contributed by atoms with E-state index < -0.39 is 0 Å². The number of para-hydroxylation sites is 1. The number of hydrogen-bond acceptors (Lipinski definition) is 2. The molecule has 0 saturated carbocycles. The van der Waals surface area contributed by atoms with Gasteiger partial charge in [-0.05, 0) is 26.0 Å².